The molecule has 0 radical (unpaired) electrons. The molecule has 1 saturated heterocycles. The van der Waals surface area contributed by atoms with Crippen LogP contribution in [0.15, 0.2) is 48.5 Å². The lowest BCUT2D eigenvalue weighted by Crippen LogP contribution is -2.37. The van der Waals surface area contributed by atoms with Gasteiger partial charge in [0, 0.05) is 19.6 Å². The molecule has 0 spiro atoms. The van der Waals surface area contributed by atoms with Crippen molar-refractivity contribution < 1.29 is 23.0 Å². The van der Waals surface area contributed by atoms with E-state index in [0.717, 1.165) is 30.7 Å². The van der Waals surface area contributed by atoms with Crippen LogP contribution in [0.25, 0.3) is 0 Å². The topological polar surface area (TPSA) is 42.0 Å². The van der Waals surface area contributed by atoms with E-state index in [9.17, 15) is 13.6 Å². The Morgan fingerprint density at radius 2 is 1.79 bits per heavy atom. The summed E-state index contributed by atoms with van der Waals surface area (Å²) in [5, 5.41) is 0. The number of hydrogen-bond donors (Lipinski definition) is 0. The first-order chi connectivity index (χ1) is 14.0. The highest BCUT2D eigenvalue weighted by atomic mass is 19.3. The average molecular weight is 404 g/mol. The van der Waals surface area contributed by atoms with Gasteiger partial charge in [-0.15, -0.1) is 0 Å². The summed E-state index contributed by atoms with van der Waals surface area (Å²) in [7, 11) is 3.40. The van der Waals surface area contributed by atoms with E-state index in [0.29, 0.717) is 13.1 Å². The molecule has 156 valence electrons. The van der Waals surface area contributed by atoms with Crippen LogP contribution >= 0.6 is 0 Å². The molecule has 2 aromatic rings. The monoisotopic (exact) mass is 404 g/mol. The molecule has 1 amide bonds. The Hall–Kier alpha value is -2.67. The molecule has 1 aliphatic heterocycles. The van der Waals surface area contributed by atoms with E-state index >= 15 is 0 Å². The maximum atomic E-state index is 12.7. The second-order valence-electron chi connectivity index (χ2n) is 7.17. The Morgan fingerprint density at radius 3 is 2.41 bits per heavy atom. The number of benzene rings is 2. The predicted molar refractivity (Wildman–Crippen MR) is 106 cm³/mol. The third-order valence-corrected chi connectivity index (χ3v) is 5.20. The van der Waals surface area contributed by atoms with Gasteiger partial charge < -0.3 is 14.4 Å². The Balaban J connectivity index is 1.56. The summed E-state index contributed by atoms with van der Waals surface area (Å²) in [6.45, 7) is -1.20. The number of likely N-dealkylation sites (tertiary alicyclic amines) is 1. The van der Waals surface area contributed by atoms with E-state index in [-0.39, 0.29) is 17.7 Å². The van der Waals surface area contributed by atoms with Crippen LogP contribution in [0.4, 0.5) is 8.78 Å². The average Bonchev–Trinajstić information content (AvgIpc) is 3.17. The number of methoxy groups -OCH3 is 1. The van der Waals surface area contributed by atoms with Gasteiger partial charge in [0.1, 0.15) is 11.5 Å². The number of rotatable bonds is 8. The van der Waals surface area contributed by atoms with Crippen LogP contribution in [0, 0.1) is 0 Å². The van der Waals surface area contributed by atoms with Crippen molar-refractivity contribution >= 4 is 5.91 Å². The van der Waals surface area contributed by atoms with E-state index in [1.807, 2.05) is 12.1 Å². The predicted octanol–water partition coefficient (Wildman–Crippen LogP) is 4.09. The number of ether oxygens (including phenoxy) is 2. The number of hydrogen-bond acceptors (Lipinski definition) is 4. The summed E-state index contributed by atoms with van der Waals surface area (Å²) in [6, 6.07) is 14.6. The van der Waals surface area contributed by atoms with Crippen molar-refractivity contribution in [3.05, 3.63) is 59.7 Å². The highest BCUT2D eigenvalue weighted by molar-refractivity contribution is 5.78. The molecule has 1 fully saturated rings. The lowest BCUT2D eigenvalue weighted by molar-refractivity contribution is -0.131. The van der Waals surface area contributed by atoms with Crippen LogP contribution in [0.2, 0.25) is 0 Å². The van der Waals surface area contributed by atoms with E-state index in [4.69, 9.17) is 4.74 Å². The minimum Gasteiger partial charge on any atom is -0.497 e. The van der Waals surface area contributed by atoms with Crippen molar-refractivity contribution in [2.24, 2.45) is 0 Å². The van der Waals surface area contributed by atoms with Crippen molar-refractivity contribution in [2.45, 2.75) is 32.0 Å². The molecule has 5 nitrogen and oxygen atoms in total. The Kier molecular flexibility index (Phi) is 7.04. The Bertz CT molecular complexity index is 797. The quantitative estimate of drug-likeness (QED) is 0.665. The molecule has 7 heteroatoms. The molecule has 0 unspecified atom stereocenters. The molecule has 0 aromatic heterocycles. The van der Waals surface area contributed by atoms with Crippen LogP contribution < -0.4 is 9.47 Å². The summed E-state index contributed by atoms with van der Waals surface area (Å²) in [5.41, 5.74) is 2.05. The SMILES string of the molecule is COc1ccc([C@@H]2CCCN2CC(=O)N(C)Cc2ccc(OC(F)F)cc2)cc1. The van der Waals surface area contributed by atoms with Crippen LogP contribution in [0.1, 0.15) is 30.0 Å². The van der Waals surface area contributed by atoms with Gasteiger partial charge in [-0.25, -0.2) is 0 Å². The first-order valence-corrected chi connectivity index (χ1v) is 9.62. The van der Waals surface area contributed by atoms with E-state index in [1.165, 1.54) is 17.7 Å². The van der Waals surface area contributed by atoms with Gasteiger partial charge in [-0.1, -0.05) is 24.3 Å². The number of carbonyl (C=O) groups excluding carboxylic acids is 1. The molecule has 2 aromatic carbocycles. The minimum atomic E-state index is -2.84. The number of amides is 1. The molecule has 1 aliphatic rings. The highest BCUT2D eigenvalue weighted by Crippen LogP contribution is 2.32. The summed E-state index contributed by atoms with van der Waals surface area (Å²) in [5.74, 6) is 0.953. The number of nitrogens with zero attached hydrogens (tertiary/aromatic N) is 2. The molecular weight excluding hydrogens is 378 g/mol. The van der Waals surface area contributed by atoms with E-state index in [1.54, 1.807) is 31.2 Å². The normalized spacial score (nSPS) is 16.8. The summed E-state index contributed by atoms with van der Waals surface area (Å²) < 4.78 is 34.0. The molecule has 3 rings (SSSR count). The minimum absolute atomic E-state index is 0.0262. The lowest BCUT2D eigenvalue weighted by atomic mass is 10.0. The summed E-state index contributed by atoms with van der Waals surface area (Å²) in [6.07, 6.45) is 2.08. The first kappa shape index (κ1) is 21.0. The highest BCUT2D eigenvalue weighted by Gasteiger charge is 2.28. The molecule has 29 heavy (non-hydrogen) atoms. The summed E-state index contributed by atoms with van der Waals surface area (Å²) in [4.78, 5) is 16.6. The van der Waals surface area contributed by atoms with Gasteiger partial charge in [0.2, 0.25) is 5.91 Å². The van der Waals surface area contributed by atoms with Gasteiger partial charge in [0.15, 0.2) is 0 Å². The second-order valence-corrected chi connectivity index (χ2v) is 7.17. The van der Waals surface area contributed by atoms with Gasteiger partial charge in [-0.05, 0) is 54.8 Å². The van der Waals surface area contributed by atoms with Crippen molar-refractivity contribution in [1.29, 1.82) is 0 Å². The van der Waals surface area contributed by atoms with Crippen LogP contribution in [0.3, 0.4) is 0 Å². The van der Waals surface area contributed by atoms with Crippen LogP contribution in [-0.2, 0) is 11.3 Å². The third kappa shape index (κ3) is 5.67. The molecule has 1 atom stereocenters. The molecule has 0 aliphatic carbocycles. The standard InChI is InChI=1S/C22H26F2N2O3/c1-25(14-16-5-9-19(10-6-16)29-22(23)24)21(27)15-26-13-3-4-20(26)17-7-11-18(28-2)12-8-17/h5-12,20,22H,3-4,13-15H2,1-2H3/t20-/m0/s1. The fourth-order valence-electron chi connectivity index (χ4n) is 3.65. The van der Waals surface area contributed by atoms with Crippen molar-refractivity contribution in [2.75, 3.05) is 27.2 Å². The first-order valence-electron chi connectivity index (χ1n) is 9.62. The third-order valence-electron chi connectivity index (χ3n) is 5.20. The van der Waals surface area contributed by atoms with Gasteiger partial charge >= 0.3 is 6.61 Å². The van der Waals surface area contributed by atoms with Crippen molar-refractivity contribution in [3.63, 3.8) is 0 Å². The van der Waals surface area contributed by atoms with E-state index < -0.39 is 6.61 Å². The maximum Gasteiger partial charge on any atom is 0.387 e. The maximum absolute atomic E-state index is 12.7. The largest absolute Gasteiger partial charge is 0.497 e. The zero-order valence-corrected chi connectivity index (χ0v) is 16.7. The molecule has 0 saturated carbocycles. The number of halogens is 2. The number of likely N-dealkylation sites (N-methyl/N-ethyl adjacent to an activating group) is 1. The zero-order chi connectivity index (χ0) is 20.8. The second kappa shape index (κ2) is 9.69. The Morgan fingerprint density at radius 1 is 1.14 bits per heavy atom. The van der Waals surface area contributed by atoms with Crippen molar-refractivity contribution in [1.82, 2.24) is 9.80 Å². The molecular formula is C22H26F2N2O3. The number of carbonyl (C=O) groups is 1. The molecule has 0 N–H and O–H groups in total. The van der Waals surface area contributed by atoms with Gasteiger partial charge in [0.05, 0.1) is 13.7 Å². The van der Waals surface area contributed by atoms with Gasteiger partial charge in [-0.2, -0.15) is 8.78 Å². The smallest absolute Gasteiger partial charge is 0.387 e. The molecule has 0 bridgehead atoms. The van der Waals surface area contributed by atoms with Crippen LogP contribution in [0.5, 0.6) is 11.5 Å². The molecule has 1 heterocycles. The zero-order valence-electron chi connectivity index (χ0n) is 16.7. The van der Waals surface area contributed by atoms with Crippen molar-refractivity contribution in [3.8, 4) is 11.5 Å². The van der Waals surface area contributed by atoms with Gasteiger partial charge in [-0.3, -0.25) is 9.69 Å². The van der Waals surface area contributed by atoms with Crippen LogP contribution in [-0.4, -0.2) is 49.6 Å². The summed E-state index contributed by atoms with van der Waals surface area (Å²) >= 11 is 0. The van der Waals surface area contributed by atoms with Gasteiger partial charge in [0.25, 0.3) is 0 Å². The Labute approximate surface area is 169 Å². The fourth-order valence-corrected chi connectivity index (χ4v) is 3.65. The van der Waals surface area contributed by atoms with E-state index in [2.05, 4.69) is 21.8 Å². The number of alkyl halides is 2. The fraction of sp³-hybridized carbons (Fsp3) is 0.409. The lowest BCUT2D eigenvalue weighted by Gasteiger charge is -2.27.